The zero-order valence-corrected chi connectivity index (χ0v) is 22.4. The van der Waals surface area contributed by atoms with E-state index in [1.807, 2.05) is 0 Å². The van der Waals surface area contributed by atoms with Crippen LogP contribution in [0.2, 0.25) is 5.02 Å². The standard InChI is InChI=1S/C30H24ClN3O7/c31-24-4-2-1-3-23(24)28(36)32(33-29(37)26-18-5-6-19(15-18)27(26)30(33)38)16-25(35)17-7-11-21(12-8-17)41-22-13-9-20(10-14-22)34(39)40/h1-4,7-14,18-19,26-27H,5-6,15-16H2/t18-,19-,26-,27+/m0/s1. The van der Waals surface area contributed by atoms with Gasteiger partial charge in [0.1, 0.15) is 18.0 Å². The first-order valence-electron chi connectivity index (χ1n) is 13.2. The lowest BCUT2D eigenvalue weighted by molar-refractivity contribution is -0.384. The minimum atomic E-state index is -0.712. The number of Topliss-reactive ketones (excluding diaryl/α,β-unsaturated/α-hetero) is 1. The maximum atomic E-state index is 13.7. The highest BCUT2D eigenvalue weighted by Gasteiger charge is 2.62. The maximum Gasteiger partial charge on any atom is 0.274 e. The van der Waals surface area contributed by atoms with Gasteiger partial charge in [0.05, 0.1) is 27.3 Å². The first-order valence-corrected chi connectivity index (χ1v) is 13.6. The molecule has 3 amide bonds. The molecule has 41 heavy (non-hydrogen) atoms. The zero-order chi connectivity index (χ0) is 28.8. The molecule has 0 spiro atoms. The van der Waals surface area contributed by atoms with E-state index in [0.29, 0.717) is 11.5 Å². The Balaban J connectivity index is 1.24. The van der Waals surface area contributed by atoms with E-state index in [2.05, 4.69) is 0 Å². The van der Waals surface area contributed by atoms with Crippen LogP contribution in [-0.2, 0) is 9.59 Å². The number of halogens is 1. The van der Waals surface area contributed by atoms with Crippen LogP contribution in [-0.4, -0.2) is 45.0 Å². The molecule has 10 nitrogen and oxygen atoms in total. The number of hydrogen-bond donors (Lipinski definition) is 0. The Morgan fingerprint density at radius 2 is 1.46 bits per heavy atom. The quantitative estimate of drug-likeness (QED) is 0.155. The van der Waals surface area contributed by atoms with Gasteiger partial charge in [-0.05, 0) is 79.6 Å². The van der Waals surface area contributed by atoms with Gasteiger partial charge in [0.15, 0.2) is 5.78 Å². The fourth-order valence-electron chi connectivity index (χ4n) is 6.35. The molecule has 1 aliphatic heterocycles. The van der Waals surface area contributed by atoms with Crippen molar-refractivity contribution in [1.29, 1.82) is 0 Å². The molecular formula is C30H24ClN3O7. The molecule has 0 aromatic heterocycles. The molecular weight excluding hydrogens is 550 g/mol. The van der Waals surface area contributed by atoms with Crippen LogP contribution in [0, 0.1) is 33.8 Å². The number of nitrogens with zero attached hydrogens (tertiary/aromatic N) is 3. The molecule has 3 fully saturated rings. The Bertz CT molecular complexity index is 1550. The van der Waals surface area contributed by atoms with Gasteiger partial charge < -0.3 is 4.74 Å². The molecule has 208 valence electrons. The summed E-state index contributed by atoms with van der Waals surface area (Å²) in [5.41, 5.74) is 0.243. The molecule has 3 aromatic rings. The highest BCUT2D eigenvalue weighted by molar-refractivity contribution is 6.34. The molecule has 1 saturated heterocycles. The smallest absolute Gasteiger partial charge is 0.274 e. The highest BCUT2D eigenvalue weighted by Crippen LogP contribution is 2.56. The van der Waals surface area contributed by atoms with Crippen molar-refractivity contribution in [2.45, 2.75) is 19.3 Å². The predicted octanol–water partition coefficient (Wildman–Crippen LogP) is 5.31. The summed E-state index contributed by atoms with van der Waals surface area (Å²) < 4.78 is 5.71. The van der Waals surface area contributed by atoms with E-state index >= 15 is 0 Å². The molecule has 3 aliphatic rings. The Kier molecular flexibility index (Phi) is 6.78. The van der Waals surface area contributed by atoms with Crippen LogP contribution in [0.15, 0.2) is 72.8 Å². The molecule has 11 heteroatoms. The molecule has 2 bridgehead atoms. The Labute approximate surface area is 239 Å². The number of ketones is 1. The largest absolute Gasteiger partial charge is 0.457 e. The van der Waals surface area contributed by atoms with Crippen molar-refractivity contribution in [3.8, 4) is 11.5 Å². The van der Waals surface area contributed by atoms with Crippen molar-refractivity contribution >= 4 is 40.8 Å². The van der Waals surface area contributed by atoms with Crippen molar-refractivity contribution < 1.29 is 28.8 Å². The van der Waals surface area contributed by atoms with E-state index in [9.17, 15) is 29.3 Å². The second-order valence-electron chi connectivity index (χ2n) is 10.5. The number of non-ortho nitro benzene ring substituents is 1. The second kappa shape index (κ2) is 10.4. The van der Waals surface area contributed by atoms with E-state index < -0.39 is 46.8 Å². The van der Waals surface area contributed by atoms with E-state index in [1.54, 1.807) is 24.3 Å². The fraction of sp³-hybridized carbons (Fsp3) is 0.267. The summed E-state index contributed by atoms with van der Waals surface area (Å²) in [7, 11) is 0. The van der Waals surface area contributed by atoms with Crippen LogP contribution in [0.1, 0.15) is 40.0 Å². The number of imide groups is 1. The predicted molar refractivity (Wildman–Crippen MR) is 146 cm³/mol. The minimum absolute atomic E-state index is 0.0690. The summed E-state index contributed by atoms with van der Waals surface area (Å²) in [5.74, 6) is -2.03. The summed E-state index contributed by atoms with van der Waals surface area (Å²) in [6.07, 6.45) is 2.60. The Morgan fingerprint density at radius 3 is 2.02 bits per heavy atom. The minimum Gasteiger partial charge on any atom is -0.457 e. The molecule has 2 saturated carbocycles. The topological polar surface area (TPSA) is 127 Å². The van der Waals surface area contributed by atoms with Crippen LogP contribution in [0.25, 0.3) is 0 Å². The molecule has 4 atom stereocenters. The molecule has 0 radical (unpaired) electrons. The normalized spacial score (nSPS) is 22.5. The number of hydrogen-bond acceptors (Lipinski definition) is 7. The van der Waals surface area contributed by atoms with Gasteiger partial charge in [-0.15, -0.1) is 0 Å². The molecule has 0 N–H and O–H groups in total. The van der Waals surface area contributed by atoms with Crippen molar-refractivity contribution in [2.24, 2.45) is 23.7 Å². The maximum absolute atomic E-state index is 13.7. The lowest BCUT2D eigenvalue weighted by atomic mass is 9.81. The summed E-state index contributed by atoms with van der Waals surface area (Å²) >= 11 is 6.29. The highest BCUT2D eigenvalue weighted by atomic mass is 35.5. The van der Waals surface area contributed by atoms with Gasteiger partial charge in [-0.1, -0.05) is 23.7 Å². The Morgan fingerprint density at radius 1 is 0.902 bits per heavy atom. The average molecular weight is 574 g/mol. The van der Waals surface area contributed by atoms with Gasteiger partial charge in [-0.2, -0.15) is 5.01 Å². The second-order valence-corrected chi connectivity index (χ2v) is 10.9. The number of fused-ring (bicyclic) bond motifs is 5. The van der Waals surface area contributed by atoms with E-state index in [0.717, 1.165) is 29.3 Å². The first kappa shape index (κ1) is 26.6. The number of rotatable bonds is 8. The van der Waals surface area contributed by atoms with E-state index in [4.69, 9.17) is 16.3 Å². The van der Waals surface area contributed by atoms with Gasteiger partial charge in [0, 0.05) is 17.7 Å². The number of nitro groups is 1. The van der Waals surface area contributed by atoms with Crippen LogP contribution >= 0.6 is 11.6 Å². The van der Waals surface area contributed by atoms with Crippen LogP contribution in [0.3, 0.4) is 0 Å². The number of hydrazine groups is 1. The third-order valence-electron chi connectivity index (χ3n) is 8.24. The van der Waals surface area contributed by atoms with Gasteiger partial charge in [0.25, 0.3) is 23.4 Å². The number of nitro benzene ring substituents is 1. The molecule has 1 heterocycles. The average Bonchev–Trinajstić information content (AvgIpc) is 3.66. The first-order chi connectivity index (χ1) is 19.7. The van der Waals surface area contributed by atoms with Crippen molar-refractivity contribution in [2.75, 3.05) is 6.54 Å². The number of carbonyl (C=O) groups is 4. The van der Waals surface area contributed by atoms with Crippen molar-refractivity contribution in [3.63, 3.8) is 0 Å². The third kappa shape index (κ3) is 4.74. The summed E-state index contributed by atoms with van der Waals surface area (Å²) in [5, 5.41) is 12.8. The van der Waals surface area contributed by atoms with Gasteiger partial charge in [-0.3, -0.25) is 29.3 Å². The molecule has 2 aliphatic carbocycles. The lowest BCUT2D eigenvalue weighted by Crippen LogP contribution is -2.52. The van der Waals surface area contributed by atoms with Gasteiger partial charge >= 0.3 is 0 Å². The lowest BCUT2D eigenvalue weighted by Gasteiger charge is -2.31. The van der Waals surface area contributed by atoms with Crippen molar-refractivity contribution in [3.05, 3.63) is 99.1 Å². The number of amides is 3. The summed E-state index contributed by atoms with van der Waals surface area (Å²) in [6.45, 7) is -0.543. The molecule has 0 unspecified atom stereocenters. The zero-order valence-electron chi connectivity index (χ0n) is 21.6. The number of benzene rings is 3. The number of ether oxygens (including phenoxy) is 1. The monoisotopic (exact) mass is 573 g/mol. The van der Waals surface area contributed by atoms with Gasteiger partial charge in [-0.25, -0.2) is 5.01 Å². The fourth-order valence-corrected chi connectivity index (χ4v) is 6.56. The number of carbonyl (C=O) groups excluding carboxylic acids is 4. The summed E-state index contributed by atoms with van der Waals surface area (Å²) in [6, 6.07) is 17.9. The summed E-state index contributed by atoms with van der Waals surface area (Å²) in [4.78, 5) is 64.6. The SMILES string of the molecule is O=C(CN(C(=O)c1ccccc1Cl)N1C(=O)[C@@H]2[C@H]3CC[C@@H](C3)[C@@H]2C1=O)c1ccc(Oc2ccc([N+](=O)[O-])cc2)cc1. The molecule has 3 aromatic carbocycles. The van der Waals surface area contributed by atoms with Gasteiger partial charge in [0.2, 0.25) is 0 Å². The van der Waals surface area contributed by atoms with Crippen LogP contribution in [0.4, 0.5) is 5.69 Å². The van der Waals surface area contributed by atoms with E-state index in [-0.39, 0.29) is 33.7 Å². The van der Waals surface area contributed by atoms with Crippen molar-refractivity contribution in [1.82, 2.24) is 10.0 Å². The van der Waals surface area contributed by atoms with Crippen LogP contribution in [0.5, 0.6) is 11.5 Å². The van der Waals surface area contributed by atoms with E-state index in [1.165, 1.54) is 48.5 Å². The Hall–Kier alpha value is -4.57. The third-order valence-corrected chi connectivity index (χ3v) is 8.57. The molecule has 6 rings (SSSR count). The van der Waals surface area contributed by atoms with Crippen LogP contribution < -0.4 is 4.74 Å².